The number of rotatable bonds is 6. The molecule has 28 heavy (non-hydrogen) atoms. The number of para-hydroxylation sites is 1. The smallest absolute Gasteiger partial charge is 0.337 e. The van der Waals surface area contributed by atoms with Gasteiger partial charge in [0.1, 0.15) is 12.4 Å². The highest BCUT2D eigenvalue weighted by molar-refractivity contribution is 6.34. The summed E-state index contributed by atoms with van der Waals surface area (Å²) in [4.78, 5) is 24.5. The van der Waals surface area contributed by atoms with Gasteiger partial charge in [0.05, 0.1) is 28.9 Å². The van der Waals surface area contributed by atoms with Crippen molar-refractivity contribution in [3.8, 4) is 5.75 Å². The Balaban J connectivity index is 1.79. The van der Waals surface area contributed by atoms with Crippen molar-refractivity contribution in [1.29, 1.82) is 0 Å². The van der Waals surface area contributed by atoms with Gasteiger partial charge in [-0.2, -0.15) is 0 Å². The van der Waals surface area contributed by atoms with Gasteiger partial charge in [-0.25, -0.2) is 4.79 Å². The molecule has 0 saturated carbocycles. The van der Waals surface area contributed by atoms with Crippen LogP contribution in [0.3, 0.4) is 0 Å². The zero-order valence-electron chi connectivity index (χ0n) is 15.1. The largest absolute Gasteiger partial charge is 0.488 e. The van der Waals surface area contributed by atoms with Crippen LogP contribution in [0, 0.1) is 0 Å². The normalized spacial score (nSPS) is 10.2. The Kier molecular flexibility index (Phi) is 6.29. The molecule has 142 valence electrons. The van der Waals surface area contributed by atoms with Crippen LogP contribution < -0.4 is 10.1 Å². The van der Waals surface area contributed by atoms with Gasteiger partial charge < -0.3 is 14.8 Å². The van der Waals surface area contributed by atoms with Crippen molar-refractivity contribution in [3.63, 3.8) is 0 Å². The number of esters is 1. The van der Waals surface area contributed by atoms with Crippen LogP contribution >= 0.6 is 11.6 Å². The van der Waals surface area contributed by atoms with Crippen molar-refractivity contribution in [3.05, 3.63) is 94.5 Å². The van der Waals surface area contributed by atoms with E-state index in [2.05, 4.69) is 5.32 Å². The summed E-state index contributed by atoms with van der Waals surface area (Å²) in [6.45, 7) is 0.337. The molecule has 0 atom stereocenters. The quantitative estimate of drug-likeness (QED) is 0.599. The van der Waals surface area contributed by atoms with E-state index in [0.717, 1.165) is 5.56 Å². The minimum absolute atomic E-state index is 0.288. The molecule has 0 aromatic heterocycles. The van der Waals surface area contributed by atoms with E-state index in [0.29, 0.717) is 28.6 Å². The lowest BCUT2D eigenvalue weighted by Crippen LogP contribution is -2.14. The van der Waals surface area contributed by atoms with E-state index in [1.165, 1.54) is 25.3 Å². The van der Waals surface area contributed by atoms with Crippen LogP contribution in [0.25, 0.3) is 0 Å². The van der Waals surface area contributed by atoms with Crippen LogP contribution in [-0.2, 0) is 11.3 Å². The molecule has 0 saturated heterocycles. The second kappa shape index (κ2) is 9.06. The van der Waals surface area contributed by atoms with Gasteiger partial charge in [0, 0.05) is 0 Å². The molecule has 0 bridgehead atoms. The second-order valence-corrected chi connectivity index (χ2v) is 6.32. The molecule has 0 spiro atoms. The second-order valence-electron chi connectivity index (χ2n) is 5.91. The van der Waals surface area contributed by atoms with Crippen molar-refractivity contribution in [1.82, 2.24) is 0 Å². The van der Waals surface area contributed by atoms with Gasteiger partial charge >= 0.3 is 5.97 Å². The molecule has 3 rings (SSSR count). The van der Waals surface area contributed by atoms with Crippen LogP contribution in [0.4, 0.5) is 5.69 Å². The number of hydrogen-bond donors (Lipinski definition) is 1. The molecule has 1 N–H and O–H groups in total. The summed E-state index contributed by atoms with van der Waals surface area (Å²) in [7, 11) is 1.29. The predicted octanol–water partition coefficient (Wildman–Crippen LogP) is 4.96. The maximum atomic E-state index is 12.8. The predicted molar refractivity (Wildman–Crippen MR) is 108 cm³/mol. The molecular formula is C22H18ClNO4. The Bertz CT molecular complexity index is 989. The summed E-state index contributed by atoms with van der Waals surface area (Å²) >= 11 is 6.16. The molecule has 0 aliphatic carbocycles. The molecule has 0 radical (unpaired) electrons. The fraction of sp³-hybridized carbons (Fsp3) is 0.0909. The number of carbonyl (C=O) groups is 2. The summed E-state index contributed by atoms with van der Waals surface area (Å²) in [6.07, 6.45) is 0. The van der Waals surface area contributed by atoms with Crippen molar-refractivity contribution in [2.75, 3.05) is 12.4 Å². The molecule has 0 fully saturated rings. The Morgan fingerprint density at radius 2 is 1.68 bits per heavy atom. The third-order valence-corrected chi connectivity index (χ3v) is 4.33. The fourth-order valence-electron chi connectivity index (χ4n) is 2.57. The average Bonchev–Trinajstić information content (AvgIpc) is 2.74. The first kappa shape index (κ1) is 19.5. The number of amides is 1. The van der Waals surface area contributed by atoms with Crippen molar-refractivity contribution in [2.24, 2.45) is 0 Å². The van der Waals surface area contributed by atoms with Crippen LogP contribution in [0.1, 0.15) is 26.3 Å². The molecule has 5 nitrogen and oxygen atoms in total. The van der Waals surface area contributed by atoms with E-state index >= 15 is 0 Å². The van der Waals surface area contributed by atoms with E-state index in [4.69, 9.17) is 21.1 Å². The van der Waals surface area contributed by atoms with Crippen LogP contribution in [0.2, 0.25) is 5.02 Å². The fourth-order valence-corrected chi connectivity index (χ4v) is 2.74. The minimum Gasteiger partial charge on any atom is -0.488 e. The first-order chi connectivity index (χ1) is 13.6. The van der Waals surface area contributed by atoms with Gasteiger partial charge in [-0.15, -0.1) is 0 Å². The van der Waals surface area contributed by atoms with E-state index in [-0.39, 0.29) is 5.56 Å². The van der Waals surface area contributed by atoms with Crippen molar-refractivity contribution in [2.45, 2.75) is 6.61 Å². The Morgan fingerprint density at radius 1 is 0.964 bits per heavy atom. The number of halogens is 1. The van der Waals surface area contributed by atoms with E-state index in [9.17, 15) is 9.59 Å². The number of ether oxygens (including phenoxy) is 2. The lowest BCUT2D eigenvalue weighted by atomic mass is 10.1. The molecule has 1 amide bonds. The first-order valence-electron chi connectivity index (χ1n) is 8.53. The molecule has 0 aliphatic rings. The highest BCUT2D eigenvalue weighted by Gasteiger charge is 2.16. The molecule has 0 unspecified atom stereocenters. The lowest BCUT2D eigenvalue weighted by molar-refractivity contribution is 0.0600. The highest BCUT2D eigenvalue weighted by atomic mass is 35.5. The SMILES string of the molecule is COC(=O)c1ccc(Cl)c(NC(=O)c2ccccc2OCc2ccccc2)c1. The minimum atomic E-state index is -0.515. The van der Waals surface area contributed by atoms with Crippen LogP contribution in [0.5, 0.6) is 5.75 Å². The average molecular weight is 396 g/mol. The number of hydrogen-bond acceptors (Lipinski definition) is 4. The molecule has 3 aromatic rings. The van der Waals surface area contributed by atoms with Gasteiger partial charge in [0.15, 0.2) is 0 Å². The summed E-state index contributed by atoms with van der Waals surface area (Å²) in [5.74, 6) is -0.463. The van der Waals surface area contributed by atoms with E-state index in [1.54, 1.807) is 24.3 Å². The van der Waals surface area contributed by atoms with Crippen molar-refractivity contribution < 1.29 is 19.1 Å². The Hall–Kier alpha value is -3.31. The number of methoxy groups -OCH3 is 1. The van der Waals surface area contributed by atoms with Gasteiger partial charge in [0.25, 0.3) is 5.91 Å². The van der Waals surface area contributed by atoms with Gasteiger partial charge in [0.2, 0.25) is 0 Å². The molecule has 0 aliphatic heterocycles. The van der Waals surface area contributed by atoms with Gasteiger partial charge in [-0.1, -0.05) is 54.1 Å². The summed E-state index contributed by atoms with van der Waals surface area (Å²) in [5.41, 5.74) is 1.95. The van der Waals surface area contributed by atoms with Gasteiger partial charge in [-0.3, -0.25) is 4.79 Å². The summed E-state index contributed by atoms with van der Waals surface area (Å²) < 4.78 is 10.5. The molecular weight excluding hydrogens is 378 g/mol. The zero-order chi connectivity index (χ0) is 19.9. The van der Waals surface area contributed by atoms with Gasteiger partial charge in [-0.05, 0) is 35.9 Å². The van der Waals surface area contributed by atoms with Crippen LogP contribution in [-0.4, -0.2) is 19.0 Å². The van der Waals surface area contributed by atoms with E-state index in [1.807, 2.05) is 30.3 Å². The molecule has 0 heterocycles. The molecule has 6 heteroatoms. The summed E-state index contributed by atoms with van der Waals surface area (Å²) in [5, 5.41) is 3.03. The third kappa shape index (κ3) is 4.69. The maximum Gasteiger partial charge on any atom is 0.337 e. The van der Waals surface area contributed by atoms with E-state index < -0.39 is 11.9 Å². The molecule has 3 aromatic carbocycles. The standard InChI is InChI=1S/C22H18ClNO4/c1-27-22(26)16-11-12-18(23)19(13-16)24-21(25)17-9-5-6-10-20(17)28-14-15-7-3-2-4-8-15/h2-13H,14H2,1H3,(H,24,25). The Morgan fingerprint density at radius 3 is 2.43 bits per heavy atom. The monoisotopic (exact) mass is 395 g/mol. The first-order valence-corrected chi connectivity index (χ1v) is 8.91. The van der Waals surface area contributed by atoms with Crippen molar-refractivity contribution >= 4 is 29.2 Å². The number of carbonyl (C=O) groups excluding carboxylic acids is 2. The third-order valence-electron chi connectivity index (χ3n) is 4.00. The highest BCUT2D eigenvalue weighted by Crippen LogP contribution is 2.26. The number of anilines is 1. The maximum absolute atomic E-state index is 12.8. The topological polar surface area (TPSA) is 64.6 Å². The lowest BCUT2D eigenvalue weighted by Gasteiger charge is -2.13. The zero-order valence-corrected chi connectivity index (χ0v) is 15.9. The Labute approximate surface area is 167 Å². The summed E-state index contributed by atoms with van der Waals surface area (Å²) in [6, 6.07) is 21.1. The number of nitrogens with one attached hydrogen (secondary N) is 1. The number of benzene rings is 3. The van der Waals surface area contributed by atoms with Crippen LogP contribution in [0.15, 0.2) is 72.8 Å².